The lowest BCUT2D eigenvalue weighted by Gasteiger charge is -2.54. The second-order valence-corrected chi connectivity index (χ2v) is 2.64. The molecule has 0 radical (unpaired) electrons. The summed E-state index contributed by atoms with van der Waals surface area (Å²) in [7, 11) is 0. The van der Waals surface area contributed by atoms with E-state index in [0.717, 1.165) is 0 Å². The van der Waals surface area contributed by atoms with Crippen molar-refractivity contribution in [2.45, 2.75) is 24.7 Å². The molecule has 0 aromatic rings. The number of hydrogen-bond acceptors (Lipinski definition) is 2. The van der Waals surface area contributed by atoms with Crippen LogP contribution in [-0.2, 0) is 0 Å². The number of nitrogens with zero attached hydrogens (tertiary/aromatic N) is 2. The first-order valence-electron chi connectivity index (χ1n) is 3.23. The first-order valence-corrected chi connectivity index (χ1v) is 3.23. The monoisotopic (exact) mass is 266 g/mol. The lowest BCUT2D eigenvalue weighted by molar-refractivity contribution is -0.618. The number of hydrogen-bond donors (Lipinski definition) is 0. The minimum atomic E-state index is -6.28. The molecule has 0 unspecified atom stereocenters. The Morgan fingerprint density at radius 2 is 0.750 bits per heavy atom. The van der Waals surface area contributed by atoms with Crippen LogP contribution in [0.5, 0.6) is 0 Å². The first kappa shape index (κ1) is 13.3. The third kappa shape index (κ3) is 1.50. The van der Waals surface area contributed by atoms with Crippen molar-refractivity contribution >= 4 is 0 Å². The van der Waals surface area contributed by atoms with E-state index >= 15 is 0 Å². The molecular formula is C4F10N2. The highest BCUT2D eigenvalue weighted by Gasteiger charge is 2.88. The predicted octanol–water partition coefficient (Wildman–Crippen LogP) is 2.74. The van der Waals surface area contributed by atoms with Crippen LogP contribution in [0.25, 0.3) is 0 Å². The van der Waals surface area contributed by atoms with Crippen LogP contribution in [0.1, 0.15) is 0 Å². The van der Waals surface area contributed by atoms with Crippen LogP contribution in [0, 0.1) is 0 Å². The molecule has 1 rings (SSSR count). The van der Waals surface area contributed by atoms with E-state index in [-0.39, 0.29) is 0 Å². The summed E-state index contributed by atoms with van der Waals surface area (Å²) in [4.78, 5) is 0. The van der Waals surface area contributed by atoms with Gasteiger partial charge in [-0.15, -0.1) is 0 Å². The van der Waals surface area contributed by atoms with Crippen LogP contribution in [-0.4, -0.2) is 34.7 Å². The maximum atomic E-state index is 12.2. The Balaban J connectivity index is 3.18. The van der Waals surface area contributed by atoms with E-state index in [1.807, 2.05) is 0 Å². The van der Waals surface area contributed by atoms with Crippen molar-refractivity contribution in [3.63, 3.8) is 0 Å². The lowest BCUT2D eigenvalue weighted by atomic mass is 10.3. The highest BCUT2D eigenvalue weighted by atomic mass is 19.4. The van der Waals surface area contributed by atoms with Crippen molar-refractivity contribution in [1.29, 1.82) is 0 Å². The van der Waals surface area contributed by atoms with Gasteiger partial charge in [-0.1, -0.05) is 10.0 Å². The first-order chi connectivity index (χ1) is 6.74. The minimum absolute atomic E-state index is 2.67. The summed E-state index contributed by atoms with van der Waals surface area (Å²) < 4.78 is 119. The van der Waals surface area contributed by atoms with E-state index < -0.39 is 34.7 Å². The second kappa shape index (κ2) is 2.91. The highest BCUT2D eigenvalue weighted by Crippen LogP contribution is 2.58. The SMILES string of the molecule is FC(F)(F)N1N(C(F)(F)F)C(F)(F)C1(F)F. The molecule has 0 spiro atoms. The van der Waals surface area contributed by atoms with Crippen molar-refractivity contribution in [2.24, 2.45) is 0 Å². The topological polar surface area (TPSA) is 6.48 Å². The molecule has 0 aromatic heterocycles. The summed E-state index contributed by atoms with van der Waals surface area (Å²) in [6.45, 7) is 0. The molecule has 2 nitrogen and oxygen atoms in total. The van der Waals surface area contributed by atoms with Crippen LogP contribution >= 0.6 is 0 Å². The third-order valence-electron chi connectivity index (χ3n) is 1.57. The van der Waals surface area contributed by atoms with Gasteiger partial charge in [0.05, 0.1) is 0 Å². The summed E-state index contributed by atoms with van der Waals surface area (Å²) in [6.07, 6.45) is -12.6. The molecule has 0 bridgehead atoms. The quantitative estimate of drug-likeness (QED) is 0.491. The molecule has 12 heteroatoms. The minimum Gasteiger partial charge on any atom is -0.178 e. The molecule has 0 aliphatic carbocycles. The standard InChI is InChI=1S/C4F10N2/c5-1(6)2(7,8)16(4(12,13)14)15(1)3(9,10)11. The Morgan fingerprint density at radius 3 is 0.875 bits per heavy atom. The van der Waals surface area contributed by atoms with Crippen molar-refractivity contribution in [2.75, 3.05) is 0 Å². The molecule has 1 aliphatic heterocycles. The molecule has 1 fully saturated rings. The Hall–Kier alpha value is -0.780. The van der Waals surface area contributed by atoms with Gasteiger partial charge in [0, 0.05) is 0 Å². The largest absolute Gasteiger partial charge is 0.479 e. The van der Waals surface area contributed by atoms with E-state index in [4.69, 9.17) is 0 Å². The summed E-state index contributed by atoms with van der Waals surface area (Å²) in [5.74, 6) is 0. The van der Waals surface area contributed by atoms with Crippen LogP contribution < -0.4 is 0 Å². The van der Waals surface area contributed by atoms with Crippen LogP contribution in [0.15, 0.2) is 0 Å². The number of halogens is 10. The zero-order valence-electron chi connectivity index (χ0n) is 6.67. The highest BCUT2D eigenvalue weighted by molar-refractivity contribution is 4.96. The van der Waals surface area contributed by atoms with Gasteiger partial charge >= 0.3 is 24.7 Å². The van der Waals surface area contributed by atoms with Crippen molar-refractivity contribution < 1.29 is 43.9 Å². The van der Waals surface area contributed by atoms with Crippen LogP contribution in [0.4, 0.5) is 43.9 Å². The van der Waals surface area contributed by atoms with Gasteiger partial charge in [0.1, 0.15) is 0 Å². The maximum Gasteiger partial charge on any atom is 0.479 e. The molecule has 0 atom stereocenters. The number of hydrazine groups is 1. The van der Waals surface area contributed by atoms with Gasteiger partial charge in [0.25, 0.3) is 0 Å². The fourth-order valence-electron chi connectivity index (χ4n) is 1.01. The molecule has 1 saturated heterocycles. The molecule has 0 amide bonds. The van der Waals surface area contributed by atoms with E-state index in [1.165, 1.54) is 0 Å². The Kier molecular flexibility index (Phi) is 2.42. The molecule has 1 heterocycles. The summed E-state index contributed by atoms with van der Waals surface area (Å²) >= 11 is 0. The van der Waals surface area contributed by atoms with Gasteiger partial charge in [-0.05, 0) is 0 Å². The normalized spacial score (nSPS) is 26.6. The fraction of sp³-hybridized carbons (Fsp3) is 1.00. The average Bonchev–Trinajstić information content (AvgIpc) is 1.94. The van der Waals surface area contributed by atoms with Gasteiger partial charge in [-0.3, -0.25) is 0 Å². The maximum absolute atomic E-state index is 12.2. The second-order valence-electron chi connectivity index (χ2n) is 2.64. The van der Waals surface area contributed by atoms with Crippen molar-refractivity contribution in [1.82, 2.24) is 10.0 Å². The van der Waals surface area contributed by atoms with E-state index in [9.17, 15) is 43.9 Å². The molecule has 0 aromatic carbocycles. The van der Waals surface area contributed by atoms with E-state index in [1.54, 1.807) is 0 Å². The Morgan fingerprint density at radius 1 is 0.562 bits per heavy atom. The molecule has 16 heavy (non-hydrogen) atoms. The molecular weight excluding hydrogens is 266 g/mol. The lowest BCUT2D eigenvalue weighted by Crippen LogP contribution is -2.85. The van der Waals surface area contributed by atoms with Gasteiger partial charge in [0.2, 0.25) is 0 Å². The average molecular weight is 266 g/mol. The summed E-state index contributed by atoms with van der Waals surface area (Å²) in [5, 5.41) is -5.33. The third-order valence-corrected chi connectivity index (χ3v) is 1.57. The van der Waals surface area contributed by atoms with E-state index in [0.29, 0.717) is 0 Å². The van der Waals surface area contributed by atoms with Crippen molar-refractivity contribution in [3.05, 3.63) is 0 Å². The number of alkyl halides is 10. The zero-order chi connectivity index (χ0) is 13.2. The van der Waals surface area contributed by atoms with Gasteiger partial charge in [0.15, 0.2) is 0 Å². The van der Waals surface area contributed by atoms with E-state index in [2.05, 4.69) is 0 Å². The van der Waals surface area contributed by atoms with Crippen LogP contribution in [0.2, 0.25) is 0 Å². The molecule has 96 valence electrons. The zero-order valence-corrected chi connectivity index (χ0v) is 6.67. The molecule has 0 N–H and O–H groups in total. The summed E-state index contributed by atoms with van der Waals surface area (Å²) in [6, 6.07) is -11.9. The molecule has 1 aliphatic rings. The summed E-state index contributed by atoms with van der Waals surface area (Å²) in [5.41, 5.74) is 0. The van der Waals surface area contributed by atoms with Gasteiger partial charge < -0.3 is 0 Å². The predicted molar refractivity (Wildman–Crippen MR) is 25.7 cm³/mol. The van der Waals surface area contributed by atoms with Gasteiger partial charge in [-0.2, -0.15) is 43.9 Å². The molecule has 0 saturated carbocycles. The van der Waals surface area contributed by atoms with Crippen molar-refractivity contribution in [3.8, 4) is 0 Å². The fourth-order valence-corrected chi connectivity index (χ4v) is 1.01. The number of rotatable bonds is 0. The Bertz CT molecular complexity index is 258. The Labute approximate surface area is 80.0 Å². The smallest absolute Gasteiger partial charge is 0.178 e. The van der Waals surface area contributed by atoms with Gasteiger partial charge in [-0.25, -0.2) is 0 Å². The van der Waals surface area contributed by atoms with Crippen LogP contribution in [0.3, 0.4) is 0 Å².